The fourth-order valence-electron chi connectivity index (χ4n) is 1.76. The number of hydrogen-bond acceptors (Lipinski definition) is 4. The molecule has 0 bridgehead atoms. The number of nitrogens with zero attached hydrogens (tertiary/aromatic N) is 1. The number of nitro groups is 1. The molecular weight excluding hydrogens is 294 g/mol. The van der Waals surface area contributed by atoms with E-state index in [1.54, 1.807) is 24.3 Å². The first-order valence-corrected chi connectivity index (χ1v) is 6.42. The molecular formula is C14H12ClN3O3. The van der Waals surface area contributed by atoms with Crippen LogP contribution in [-0.4, -0.2) is 10.8 Å². The van der Waals surface area contributed by atoms with E-state index in [1.807, 2.05) is 0 Å². The molecule has 0 saturated heterocycles. The molecule has 0 saturated carbocycles. The van der Waals surface area contributed by atoms with Gasteiger partial charge in [0.2, 0.25) is 5.91 Å². The molecule has 1 amide bonds. The van der Waals surface area contributed by atoms with Crippen molar-refractivity contribution in [3.05, 3.63) is 68.7 Å². The zero-order chi connectivity index (χ0) is 15.4. The zero-order valence-corrected chi connectivity index (χ0v) is 11.6. The van der Waals surface area contributed by atoms with Gasteiger partial charge in [-0.3, -0.25) is 14.9 Å². The molecule has 0 aromatic heterocycles. The van der Waals surface area contributed by atoms with Crippen LogP contribution in [0, 0.1) is 10.1 Å². The van der Waals surface area contributed by atoms with E-state index in [0.717, 1.165) is 5.69 Å². The third-order valence-corrected chi connectivity index (χ3v) is 3.26. The number of rotatable bonds is 5. The number of anilines is 1. The van der Waals surface area contributed by atoms with Crippen LogP contribution in [0.25, 0.3) is 0 Å². The average Bonchev–Trinajstić information content (AvgIpc) is 2.46. The van der Waals surface area contributed by atoms with Gasteiger partial charge in [-0.1, -0.05) is 11.6 Å². The van der Waals surface area contributed by atoms with E-state index in [4.69, 9.17) is 17.3 Å². The van der Waals surface area contributed by atoms with Gasteiger partial charge >= 0.3 is 0 Å². The average molecular weight is 306 g/mol. The van der Waals surface area contributed by atoms with E-state index >= 15 is 0 Å². The molecule has 0 aliphatic carbocycles. The number of carbonyl (C=O) groups is 1. The van der Waals surface area contributed by atoms with Crippen molar-refractivity contribution < 1.29 is 9.72 Å². The largest absolute Gasteiger partial charge is 0.381 e. The minimum absolute atomic E-state index is 0.0136. The van der Waals surface area contributed by atoms with Gasteiger partial charge in [-0.2, -0.15) is 0 Å². The van der Waals surface area contributed by atoms with Gasteiger partial charge in [-0.05, 0) is 35.9 Å². The minimum Gasteiger partial charge on any atom is -0.381 e. The van der Waals surface area contributed by atoms with Gasteiger partial charge in [0.1, 0.15) is 0 Å². The zero-order valence-electron chi connectivity index (χ0n) is 10.9. The Labute approximate surface area is 125 Å². The molecule has 2 aromatic carbocycles. The van der Waals surface area contributed by atoms with Gasteiger partial charge in [-0.15, -0.1) is 0 Å². The fraction of sp³-hybridized carbons (Fsp3) is 0.0714. The highest BCUT2D eigenvalue weighted by molar-refractivity contribution is 6.31. The van der Waals surface area contributed by atoms with Gasteiger partial charge in [0, 0.05) is 35.0 Å². The van der Waals surface area contributed by atoms with Crippen molar-refractivity contribution in [2.45, 2.75) is 6.54 Å². The highest BCUT2D eigenvalue weighted by Crippen LogP contribution is 2.23. The number of benzene rings is 2. The highest BCUT2D eigenvalue weighted by Gasteiger charge is 2.09. The molecule has 0 aliphatic heterocycles. The van der Waals surface area contributed by atoms with Crippen molar-refractivity contribution in [1.29, 1.82) is 0 Å². The summed E-state index contributed by atoms with van der Waals surface area (Å²) in [4.78, 5) is 21.2. The number of amides is 1. The summed E-state index contributed by atoms with van der Waals surface area (Å²) in [5.74, 6) is -0.497. The van der Waals surface area contributed by atoms with E-state index in [-0.39, 0.29) is 5.69 Å². The Morgan fingerprint density at radius 2 is 1.90 bits per heavy atom. The molecule has 0 atom stereocenters. The van der Waals surface area contributed by atoms with Gasteiger partial charge in [0.05, 0.1) is 4.92 Å². The summed E-state index contributed by atoms with van der Waals surface area (Å²) in [5.41, 5.74) is 6.92. The van der Waals surface area contributed by atoms with E-state index < -0.39 is 10.8 Å². The Balaban J connectivity index is 2.10. The Hall–Kier alpha value is -2.60. The van der Waals surface area contributed by atoms with Crippen molar-refractivity contribution >= 4 is 28.9 Å². The van der Waals surface area contributed by atoms with E-state index in [2.05, 4.69) is 5.32 Å². The Bertz CT molecular complexity index is 686. The van der Waals surface area contributed by atoms with Crippen molar-refractivity contribution in [2.24, 2.45) is 5.73 Å². The predicted molar refractivity (Wildman–Crippen MR) is 80.4 cm³/mol. The third-order valence-electron chi connectivity index (χ3n) is 2.89. The van der Waals surface area contributed by atoms with Crippen molar-refractivity contribution in [3.8, 4) is 0 Å². The molecule has 108 valence electrons. The van der Waals surface area contributed by atoms with Gasteiger partial charge in [0.25, 0.3) is 5.69 Å². The summed E-state index contributed by atoms with van der Waals surface area (Å²) < 4.78 is 0. The molecule has 6 nitrogen and oxygen atoms in total. The molecule has 0 unspecified atom stereocenters. The predicted octanol–water partition coefficient (Wildman–Crippen LogP) is 2.96. The maximum absolute atomic E-state index is 11.0. The number of hydrogen-bond donors (Lipinski definition) is 2. The van der Waals surface area contributed by atoms with Crippen LogP contribution < -0.4 is 11.1 Å². The molecule has 21 heavy (non-hydrogen) atoms. The highest BCUT2D eigenvalue weighted by atomic mass is 35.5. The first-order valence-electron chi connectivity index (χ1n) is 6.04. The monoisotopic (exact) mass is 305 g/mol. The summed E-state index contributed by atoms with van der Waals surface area (Å²) in [5, 5.41) is 14.3. The summed E-state index contributed by atoms with van der Waals surface area (Å²) >= 11 is 6.01. The van der Waals surface area contributed by atoms with E-state index in [0.29, 0.717) is 22.7 Å². The molecule has 2 aromatic rings. The lowest BCUT2D eigenvalue weighted by molar-refractivity contribution is -0.384. The second kappa shape index (κ2) is 6.23. The van der Waals surface area contributed by atoms with Crippen molar-refractivity contribution in [2.75, 3.05) is 5.32 Å². The van der Waals surface area contributed by atoms with Gasteiger partial charge < -0.3 is 11.1 Å². The van der Waals surface area contributed by atoms with Crippen LogP contribution in [-0.2, 0) is 6.54 Å². The smallest absolute Gasteiger partial charge is 0.269 e. The SMILES string of the molecule is NC(=O)c1ccc(NCc2cc([N+](=O)[O-])ccc2Cl)cc1. The standard InChI is InChI=1S/C14H12ClN3O3/c15-13-6-5-12(18(20)21)7-10(13)8-17-11-3-1-9(2-4-11)14(16)19/h1-7,17H,8H2,(H2,16,19). The molecule has 3 N–H and O–H groups in total. The molecule has 0 radical (unpaired) electrons. The fourth-order valence-corrected chi connectivity index (χ4v) is 1.94. The normalized spacial score (nSPS) is 10.1. The van der Waals surface area contributed by atoms with Crippen LogP contribution in [0.5, 0.6) is 0 Å². The molecule has 2 rings (SSSR count). The van der Waals surface area contributed by atoms with Crippen LogP contribution in [0.15, 0.2) is 42.5 Å². The Morgan fingerprint density at radius 1 is 1.24 bits per heavy atom. The topological polar surface area (TPSA) is 98.3 Å². The number of nitrogens with two attached hydrogens (primary N) is 1. The van der Waals surface area contributed by atoms with Crippen LogP contribution in [0.1, 0.15) is 15.9 Å². The molecule has 0 heterocycles. The summed E-state index contributed by atoms with van der Waals surface area (Å²) in [6.45, 7) is 0.330. The lowest BCUT2D eigenvalue weighted by Crippen LogP contribution is -2.10. The van der Waals surface area contributed by atoms with Gasteiger partial charge in [-0.25, -0.2) is 0 Å². The number of non-ortho nitro benzene ring substituents is 1. The first-order chi connectivity index (χ1) is 9.97. The third kappa shape index (κ3) is 3.70. The van der Waals surface area contributed by atoms with Crippen molar-refractivity contribution in [3.63, 3.8) is 0 Å². The lowest BCUT2D eigenvalue weighted by atomic mass is 10.1. The lowest BCUT2D eigenvalue weighted by Gasteiger charge is -2.08. The second-order valence-corrected chi connectivity index (χ2v) is 4.74. The van der Waals surface area contributed by atoms with Crippen LogP contribution in [0.2, 0.25) is 5.02 Å². The molecule has 0 spiro atoms. The number of halogens is 1. The van der Waals surface area contributed by atoms with Crippen molar-refractivity contribution in [1.82, 2.24) is 0 Å². The second-order valence-electron chi connectivity index (χ2n) is 4.33. The van der Waals surface area contributed by atoms with Crippen LogP contribution >= 0.6 is 11.6 Å². The first kappa shape index (κ1) is 14.8. The molecule has 0 fully saturated rings. The number of nitro benzene ring substituents is 1. The molecule has 7 heteroatoms. The molecule has 0 aliphatic rings. The number of primary amides is 1. The minimum atomic E-state index is -0.497. The van der Waals surface area contributed by atoms with Crippen LogP contribution in [0.3, 0.4) is 0 Å². The van der Waals surface area contributed by atoms with E-state index in [9.17, 15) is 14.9 Å². The summed E-state index contributed by atoms with van der Waals surface area (Å²) in [7, 11) is 0. The Kier molecular flexibility index (Phi) is 4.39. The maximum atomic E-state index is 11.0. The quantitative estimate of drug-likeness (QED) is 0.655. The van der Waals surface area contributed by atoms with Gasteiger partial charge in [0.15, 0.2) is 0 Å². The number of nitrogens with one attached hydrogen (secondary N) is 1. The summed E-state index contributed by atoms with van der Waals surface area (Å²) in [6.07, 6.45) is 0. The maximum Gasteiger partial charge on any atom is 0.269 e. The number of carbonyl (C=O) groups excluding carboxylic acids is 1. The van der Waals surface area contributed by atoms with Crippen LogP contribution in [0.4, 0.5) is 11.4 Å². The summed E-state index contributed by atoms with van der Waals surface area (Å²) in [6, 6.07) is 10.9. The Morgan fingerprint density at radius 3 is 2.48 bits per heavy atom. The van der Waals surface area contributed by atoms with E-state index in [1.165, 1.54) is 18.2 Å².